The summed E-state index contributed by atoms with van der Waals surface area (Å²) in [4.78, 5) is 14.4. The van der Waals surface area contributed by atoms with Crippen LogP contribution in [0.2, 0.25) is 0 Å². The third-order valence-electron chi connectivity index (χ3n) is 6.81. The molecule has 4 aromatic carbocycles. The molecule has 5 rings (SSSR count). The van der Waals surface area contributed by atoms with Gasteiger partial charge >= 0.3 is 0 Å². The number of carbonyl (C=O) groups is 1. The molecule has 1 N–H and O–H groups in total. The number of amides is 1. The van der Waals surface area contributed by atoms with Gasteiger partial charge in [0.25, 0.3) is 5.91 Å². The van der Waals surface area contributed by atoms with Crippen LogP contribution in [0.1, 0.15) is 47.4 Å². The van der Waals surface area contributed by atoms with E-state index < -0.39 is 5.54 Å². The fraction of sp³-hybridized carbons (Fsp3) is 0.152. The van der Waals surface area contributed by atoms with Gasteiger partial charge in [0.2, 0.25) is 0 Å². The third kappa shape index (κ3) is 4.83. The molecule has 0 atom stereocenters. The number of nitrogens with zero attached hydrogens (tertiary/aromatic N) is 2. The largest absolute Gasteiger partial charge is 0.339 e. The van der Waals surface area contributed by atoms with Crippen LogP contribution >= 0.6 is 0 Å². The molecule has 0 bridgehead atoms. The molecule has 0 saturated carbocycles. The Bertz CT molecular complexity index is 1420. The van der Waals surface area contributed by atoms with Crippen molar-refractivity contribution in [2.75, 3.05) is 0 Å². The predicted octanol–water partition coefficient (Wildman–Crippen LogP) is 7.19. The number of para-hydroxylation sites is 1. The van der Waals surface area contributed by atoms with E-state index in [0.29, 0.717) is 11.3 Å². The minimum Gasteiger partial charge on any atom is -0.339 e. The molecule has 4 nitrogen and oxygen atoms in total. The fourth-order valence-electron chi connectivity index (χ4n) is 4.88. The van der Waals surface area contributed by atoms with Gasteiger partial charge < -0.3 is 5.32 Å². The molecule has 37 heavy (non-hydrogen) atoms. The van der Waals surface area contributed by atoms with Crippen molar-refractivity contribution in [2.24, 2.45) is 0 Å². The lowest BCUT2D eigenvalue weighted by Crippen LogP contribution is -2.44. The number of carbonyl (C=O) groups excluding carboxylic acids is 1. The second-order valence-corrected chi connectivity index (χ2v) is 9.34. The molecule has 184 valence electrons. The van der Waals surface area contributed by atoms with Crippen molar-refractivity contribution < 1.29 is 4.79 Å². The summed E-state index contributed by atoms with van der Waals surface area (Å²) in [5.41, 5.74) is 5.38. The van der Waals surface area contributed by atoms with E-state index in [-0.39, 0.29) is 5.91 Å². The van der Waals surface area contributed by atoms with Crippen molar-refractivity contribution >= 4 is 5.91 Å². The Morgan fingerprint density at radius 1 is 0.757 bits per heavy atom. The summed E-state index contributed by atoms with van der Waals surface area (Å²) >= 11 is 0. The predicted molar refractivity (Wildman–Crippen MR) is 150 cm³/mol. The first-order chi connectivity index (χ1) is 18.1. The molecule has 0 aliphatic carbocycles. The van der Waals surface area contributed by atoms with Gasteiger partial charge in [-0.25, -0.2) is 4.68 Å². The molecular weight excluding hydrogens is 454 g/mol. The maximum absolute atomic E-state index is 14.4. The third-order valence-corrected chi connectivity index (χ3v) is 6.81. The molecule has 4 heteroatoms. The van der Waals surface area contributed by atoms with E-state index in [0.717, 1.165) is 40.9 Å². The monoisotopic (exact) mass is 485 g/mol. The highest BCUT2D eigenvalue weighted by atomic mass is 16.1. The summed E-state index contributed by atoms with van der Waals surface area (Å²) < 4.78 is 1.93. The van der Waals surface area contributed by atoms with Crippen molar-refractivity contribution in [3.8, 4) is 16.9 Å². The van der Waals surface area contributed by atoms with E-state index in [1.54, 1.807) is 0 Å². The van der Waals surface area contributed by atoms with Crippen LogP contribution in [-0.4, -0.2) is 15.7 Å². The van der Waals surface area contributed by atoms with Gasteiger partial charge in [-0.15, -0.1) is 0 Å². The molecule has 0 radical (unpaired) electrons. The quantitative estimate of drug-likeness (QED) is 0.253. The van der Waals surface area contributed by atoms with E-state index in [1.165, 1.54) is 0 Å². The molecule has 0 aliphatic rings. The molecule has 1 amide bonds. The van der Waals surface area contributed by atoms with Gasteiger partial charge in [-0.3, -0.25) is 4.79 Å². The summed E-state index contributed by atoms with van der Waals surface area (Å²) in [5.74, 6) is -0.139. The molecule has 0 fully saturated rings. The number of rotatable bonds is 8. The van der Waals surface area contributed by atoms with E-state index in [1.807, 2.05) is 102 Å². The van der Waals surface area contributed by atoms with Gasteiger partial charge in [-0.1, -0.05) is 123 Å². The number of aromatic nitrogens is 2. The maximum atomic E-state index is 14.4. The zero-order valence-electron chi connectivity index (χ0n) is 21.3. The lowest BCUT2D eigenvalue weighted by Gasteiger charge is -2.32. The smallest absolute Gasteiger partial charge is 0.256 e. The summed E-state index contributed by atoms with van der Waals surface area (Å²) in [5, 5.41) is 8.45. The van der Waals surface area contributed by atoms with Gasteiger partial charge in [0.05, 0.1) is 22.5 Å². The minimum atomic E-state index is -0.730. The van der Waals surface area contributed by atoms with E-state index in [2.05, 4.69) is 43.4 Å². The van der Waals surface area contributed by atoms with Crippen molar-refractivity contribution in [1.82, 2.24) is 15.1 Å². The van der Waals surface area contributed by atoms with Gasteiger partial charge in [0.1, 0.15) is 5.69 Å². The highest BCUT2D eigenvalue weighted by molar-refractivity contribution is 6.02. The fourth-order valence-corrected chi connectivity index (χ4v) is 4.88. The molecule has 1 aromatic heterocycles. The van der Waals surface area contributed by atoms with E-state index in [9.17, 15) is 4.79 Å². The van der Waals surface area contributed by atoms with Crippen LogP contribution in [0.5, 0.6) is 0 Å². The van der Waals surface area contributed by atoms with Crippen molar-refractivity contribution in [1.29, 1.82) is 0 Å². The van der Waals surface area contributed by atoms with Crippen molar-refractivity contribution in [3.05, 3.63) is 144 Å². The lowest BCUT2D eigenvalue weighted by atomic mass is 9.84. The zero-order chi connectivity index (χ0) is 25.7. The van der Waals surface area contributed by atoms with Gasteiger partial charge in [0.15, 0.2) is 0 Å². The average Bonchev–Trinajstić information content (AvgIpc) is 3.34. The molecular formula is C33H31N3O. The van der Waals surface area contributed by atoms with Crippen LogP contribution in [0.3, 0.4) is 0 Å². The second kappa shape index (κ2) is 10.7. The summed E-state index contributed by atoms with van der Waals surface area (Å²) in [7, 11) is 0. The lowest BCUT2D eigenvalue weighted by molar-refractivity contribution is 0.0918. The van der Waals surface area contributed by atoms with Crippen LogP contribution in [0, 0.1) is 0 Å². The van der Waals surface area contributed by atoms with Crippen LogP contribution in [-0.2, 0) is 12.0 Å². The molecule has 5 aromatic rings. The number of hydrogen-bond acceptors (Lipinski definition) is 2. The first-order valence-electron chi connectivity index (χ1n) is 12.8. The maximum Gasteiger partial charge on any atom is 0.256 e. The Balaban J connectivity index is 1.69. The van der Waals surface area contributed by atoms with E-state index in [4.69, 9.17) is 5.10 Å². The molecule has 0 unspecified atom stereocenters. The Hall–Kier alpha value is -4.44. The van der Waals surface area contributed by atoms with E-state index >= 15 is 0 Å². The highest BCUT2D eigenvalue weighted by Gasteiger charge is 2.34. The summed E-state index contributed by atoms with van der Waals surface area (Å²) in [6.07, 6.45) is 1.62. The van der Waals surface area contributed by atoms with Gasteiger partial charge in [-0.2, -0.15) is 5.10 Å². The van der Waals surface area contributed by atoms with Crippen LogP contribution < -0.4 is 5.32 Å². The van der Waals surface area contributed by atoms with Crippen LogP contribution in [0.4, 0.5) is 0 Å². The Kier molecular flexibility index (Phi) is 7.00. The minimum absolute atomic E-state index is 0.139. The Morgan fingerprint density at radius 3 is 1.76 bits per heavy atom. The number of hydrogen-bond donors (Lipinski definition) is 1. The van der Waals surface area contributed by atoms with Gasteiger partial charge in [-0.05, 0) is 36.6 Å². The number of nitrogens with one attached hydrogen (secondary N) is 1. The van der Waals surface area contributed by atoms with Crippen LogP contribution in [0.15, 0.2) is 121 Å². The van der Waals surface area contributed by atoms with Crippen LogP contribution in [0.25, 0.3) is 16.9 Å². The highest BCUT2D eigenvalue weighted by Crippen LogP contribution is 2.33. The SMILES string of the molecule is CCCc1c(C(=O)NC(C)(c2ccccc2)c2ccccc2)c(-c2ccccc2)nn1-c1ccccc1. The van der Waals surface area contributed by atoms with Crippen molar-refractivity contribution in [3.63, 3.8) is 0 Å². The summed E-state index contributed by atoms with van der Waals surface area (Å²) in [6.45, 7) is 4.20. The molecule has 0 saturated heterocycles. The second-order valence-electron chi connectivity index (χ2n) is 9.34. The van der Waals surface area contributed by atoms with Crippen molar-refractivity contribution in [2.45, 2.75) is 32.2 Å². The molecule has 0 spiro atoms. The average molecular weight is 486 g/mol. The standard InChI is InChI=1S/C33H31N3O/c1-3-16-29-30(31(25-17-8-4-9-18-25)35-36(29)28-23-14-7-15-24-28)32(37)34-33(2,26-19-10-5-11-20-26)27-21-12-6-13-22-27/h4-15,17-24H,3,16H2,1-2H3,(H,34,37). The normalized spacial score (nSPS) is 11.3. The first kappa shape index (κ1) is 24.3. The Labute approximate surface area is 218 Å². The Morgan fingerprint density at radius 2 is 1.24 bits per heavy atom. The van der Waals surface area contributed by atoms with Gasteiger partial charge in [0, 0.05) is 5.56 Å². The summed E-state index contributed by atoms with van der Waals surface area (Å²) in [6, 6.07) is 40.3. The first-order valence-corrected chi connectivity index (χ1v) is 12.8. The zero-order valence-corrected chi connectivity index (χ0v) is 21.3. The topological polar surface area (TPSA) is 46.9 Å². The molecule has 1 heterocycles. The number of benzene rings is 4. The molecule has 0 aliphatic heterocycles.